The first-order valence-electron chi connectivity index (χ1n) is 10.5. The summed E-state index contributed by atoms with van der Waals surface area (Å²) in [4.78, 5) is 28.5. The Hall–Kier alpha value is -3.97. The van der Waals surface area contributed by atoms with Gasteiger partial charge in [0.15, 0.2) is 0 Å². The maximum atomic E-state index is 12.4. The van der Waals surface area contributed by atoms with Crippen molar-refractivity contribution in [1.29, 1.82) is 0 Å². The van der Waals surface area contributed by atoms with E-state index in [1.165, 1.54) is 0 Å². The molecular weight excluding hydrogens is 436 g/mol. The molecule has 0 aliphatic carbocycles. The third kappa shape index (κ3) is 5.84. The van der Waals surface area contributed by atoms with E-state index >= 15 is 0 Å². The largest absolute Gasteiger partial charge is 0.513 e. The van der Waals surface area contributed by atoms with Crippen molar-refractivity contribution in [3.63, 3.8) is 0 Å². The van der Waals surface area contributed by atoms with Crippen molar-refractivity contribution in [3.8, 4) is 27.6 Å². The van der Waals surface area contributed by atoms with E-state index in [1.54, 1.807) is 42.5 Å². The first-order chi connectivity index (χ1) is 16.1. The molecule has 7 heteroatoms. The summed E-state index contributed by atoms with van der Waals surface area (Å²) in [6.07, 6.45) is -0.771. The molecule has 0 saturated carbocycles. The van der Waals surface area contributed by atoms with E-state index in [0.717, 1.165) is 27.4 Å². The Morgan fingerprint density at radius 1 is 0.909 bits per heavy atom. The first kappa shape index (κ1) is 22.2. The van der Waals surface area contributed by atoms with E-state index in [-0.39, 0.29) is 12.5 Å². The fraction of sp³-hybridized carbons (Fsp3) is 0.115. The van der Waals surface area contributed by atoms with Crippen LogP contribution in [0.15, 0.2) is 84.2 Å². The van der Waals surface area contributed by atoms with Gasteiger partial charge in [-0.05, 0) is 36.8 Å². The van der Waals surface area contributed by atoms with Gasteiger partial charge in [0.1, 0.15) is 10.8 Å². The number of carbonyl (C=O) groups is 2. The first-order valence-corrected chi connectivity index (χ1v) is 11.3. The summed E-state index contributed by atoms with van der Waals surface area (Å²) in [6, 6.07) is 24.4. The second kappa shape index (κ2) is 10.6. The van der Waals surface area contributed by atoms with E-state index in [1.807, 2.05) is 54.6 Å². The van der Waals surface area contributed by atoms with Crippen LogP contribution in [-0.4, -0.2) is 23.7 Å². The maximum Gasteiger partial charge on any atom is 0.513 e. The Kier molecular flexibility index (Phi) is 7.12. The lowest BCUT2D eigenvalue weighted by molar-refractivity contribution is 0.0951. The van der Waals surface area contributed by atoms with Crippen LogP contribution in [-0.2, 0) is 11.3 Å². The van der Waals surface area contributed by atoms with Gasteiger partial charge in [-0.25, -0.2) is 9.78 Å². The molecule has 0 aliphatic rings. The lowest BCUT2D eigenvalue weighted by Gasteiger charge is -2.07. The summed E-state index contributed by atoms with van der Waals surface area (Å²) in [6.45, 7) is 2.33. The van der Waals surface area contributed by atoms with E-state index in [4.69, 9.17) is 14.5 Å². The van der Waals surface area contributed by atoms with Gasteiger partial charge in [0.25, 0.3) is 5.91 Å². The highest BCUT2D eigenvalue weighted by atomic mass is 32.1. The Morgan fingerprint density at radius 2 is 1.64 bits per heavy atom. The quantitative estimate of drug-likeness (QED) is 0.274. The average molecular weight is 459 g/mol. The second-order valence-corrected chi connectivity index (χ2v) is 7.95. The number of nitrogens with zero attached hydrogens (tertiary/aromatic N) is 1. The van der Waals surface area contributed by atoms with Gasteiger partial charge in [0, 0.05) is 28.6 Å². The summed E-state index contributed by atoms with van der Waals surface area (Å²) in [7, 11) is 0. The molecule has 0 radical (unpaired) electrons. The molecule has 0 unspecified atom stereocenters. The van der Waals surface area contributed by atoms with Crippen molar-refractivity contribution < 1.29 is 19.1 Å². The number of aromatic nitrogens is 1. The van der Waals surface area contributed by atoms with Crippen LogP contribution in [0.5, 0.6) is 5.75 Å². The third-order valence-electron chi connectivity index (χ3n) is 4.81. The molecule has 33 heavy (non-hydrogen) atoms. The molecule has 0 aliphatic heterocycles. The van der Waals surface area contributed by atoms with E-state index in [9.17, 15) is 9.59 Å². The molecule has 6 nitrogen and oxygen atoms in total. The van der Waals surface area contributed by atoms with Crippen molar-refractivity contribution in [2.24, 2.45) is 0 Å². The average Bonchev–Trinajstić information content (AvgIpc) is 3.34. The number of amides is 1. The minimum absolute atomic E-state index is 0.214. The monoisotopic (exact) mass is 458 g/mol. The van der Waals surface area contributed by atoms with Crippen LogP contribution in [0.2, 0.25) is 0 Å². The van der Waals surface area contributed by atoms with E-state index < -0.39 is 6.16 Å². The van der Waals surface area contributed by atoms with Gasteiger partial charge >= 0.3 is 6.16 Å². The van der Waals surface area contributed by atoms with Gasteiger partial charge in [-0.3, -0.25) is 4.79 Å². The van der Waals surface area contributed by atoms with Crippen molar-refractivity contribution >= 4 is 23.4 Å². The molecule has 0 saturated heterocycles. The zero-order valence-corrected chi connectivity index (χ0v) is 18.8. The number of hydrogen-bond donors (Lipinski definition) is 1. The number of hydrogen-bond acceptors (Lipinski definition) is 6. The number of ether oxygens (including phenoxy) is 2. The topological polar surface area (TPSA) is 77.5 Å². The molecule has 1 heterocycles. The van der Waals surface area contributed by atoms with Gasteiger partial charge in [0.05, 0.1) is 12.3 Å². The van der Waals surface area contributed by atoms with Crippen molar-refractivity contribution in [2.75, 3.05) is 6.61 Å². The zero-order valence-electron chi connectivity index (χ0n) is 18.0. The molecule has 3 aromatic carbocycles. The number of thiazole rings is 1. The van der Waals surface area contributed by atoms with Crippen LogP contribution >= 0.6 is 11.3 Å². The standard InChI is InChI=1S/C26H22N2O4S/c1-2-31-26(30)32-22-14-12-20(13-15-22)24(29)27-16-18-8-10-21(11-9-18)25-28-23(17-33-25)19-6-4-3-5-7-19/h3-15,17H,2,16H2,1H3,(H,27,29). The van der Waals surface area contributed by atoms with Gasteiger partial charge in [-0.1, -0.05) is 54.6 Å². The molecule has 1 aromatic heterocycles. The van der Waals surface area contributed by atoms with Crippen LogP contribution in [0.4, 0.5) is 4.79 Å². The summed E-state index contributed by atoms with van der Waals surface area (Å²) in [5.41, 5.74) is 4.55. The Bertz CT molecular complexity index is 1220. The molecule has 4 rings (SSSR count). The SMILES string of the molecule is CCOC(=O)Oc1ccc(C(=O)NCc2ccc(-c3nc(-c4ccccc4)cs3)cc2)cc1. The number of rotatable bonds is 7. The fourth-order valence-corrected chi connectivity index (χ4v) is 3.95. The third-order valence-corrected chi connectivity index (χ3v) is 5.70. The number of nitrogens with one attached hydrogen (secondary N) is 1. The minimum Gasteiger partial charge on any atom is -0.434 e. The van der Waals surface area contributed by atoms with E-state index in [0.29, 0.717) is 17.9 Å². The highest BCUT2D eigenvalue weighted by Gasteiger charge is 2.10. The van der Waals surface area contributed by atoms with Gasteiger partial charge in [-0.15, -0.1) is 11.3 Å². The van der Waals surface area contributed by atoms with Crippen LogP contribution < -0.4 is 10.1 Å². The van der Waals surface area contributed by atoms with Crippen molar-refractivity contribution in [3.05, 3.63) is 95.4 Å². The molecule has 1 amide bonds. The second-order valence-electron chi connectivity index (χ2n) is 7.09. The normalized spacial score (nSPS) is 10.5. The summed E-state index contributed by atoms with van der Waals surface area (Å²) >= 11 is 1.61. The summed E-state index contributed by atoms with van der Waals surface area (Å²) in [5.74, 6) is 0.104. The smallest absolute Gasteiger partial charge is 0.434 e. The molecule has 0 bridgehead atoms. The summed E-state index contributed by atoms with van der Waals surface area (Å²) < 4.78 is 9.72. The van der Waals surface area contributed by atoms with Crippen LogP contribution in [0.1, 0.15) is 22.8 Å². The van der Waals surface area contributed by atoms with Gasteiger partial charge in [-0.2, -0.15) is 0 Å². The van der Waals surface area contributed by atoms with Crippen LogP contribution in [0.25, 0.3) is 21.8 Å². The molecule has 166 valence electrons. The molecule has 4 aromatic rings. The number of benzene rings is 3. The Labute approximate surface area is 195 Å². The summed E-state index contributed by atoms with van der Waals surface area (Å²) in [5, 5.41) is 5.91. The maximum absolute atomic E-state index is 12.4. The predicted molar refractivity (Wildman–Crippen MR) is 128 cm³/mol. The Balaban J connectivity index is 1.33. The van der Waals surface area contributed by atoms with E-state index in [2.05, 4.69) is 10.7 Å². The lowest BCUT2D eigenvalue weighted by atomic mass is 10.1. The molecule has 0 spiro atoms. The predicted octanol–water partition coefficient (Wildman–Crippen LogP) is 5.94. The fourth-order valence-electron chi connectivity index (χ4n) is 3.12. The van der Waals surface area contributed by atoms with Crippen molar-refractivity contribution in [1.82, 2.24) is 10.3 Å². The number of carbonyl (C=O) groups excluding carboxylic acids is 2. The molecule has 0 fully saturated rings. The lowest BCUT2D eigenvalue weighted by Crippen LogP contribution is -2.22. The molecule has 0 atom stereocenters. The highest BCUT2D eigenvalue weighted by molar-refractivity contribution is 7.13. The highest BCUT2D eigenvalue weighted by Crippen LogP contribution is 2.29. The molecular formula is C26H22N2O4S. The minimum atomic E-state index is -0.771. The molecule has 1 N–H and O–H groups in total. The zero-order chi connectivity index (χ0) is 23.0. The Morgan fingerprint density at radius 3 is 2.33 bits per heavy atom. The van der Waals surface area contributed by atoms with Gasteiger partial charge < -0.3 is 14.8 Å². The van der Waals surface area contributed by atoms with Crippen LogP contribution in [0, 0.1) is 0 Å². The van der Waals surface area contributed by atoms with Crippen molar-refractivity contribution in [2.45, 2.75) is 13.5 Å². The van der Waals surface area contributed by atoms with Gasteiger partial charge in [0.2, 0.25) is 0 Å². The van der Waals surface area contributed by atoms with Crippen LogP contribution in [0.3, 0.4) is 0 Å².